The van der Waals surface area contributed by atoms with Gasteiger partial charge in [0.05, 0.1) is 0 Å². The number of piperidine rings is 1. The Morgan fingerprint density at radius 1 is 1.19 bits per heavy atom. The van der Waals surface area contributed by atoms with Gasteiger partial charge in [-0.1, -0.05) is 13.8 Å². The Bertz CT molecular complexity index is 227. The topological polar surface area (TPSA) is 15.3 Å². The highest BCUT2D eigenvalue weighted by Crippen LogP contribution is 2.29. The lowest BCUT2D eigenvalue weighted by atomic mass is 9.86. The molecule has 0 amide bonds. The van der Waals surface area contributed by atoms with Crippen molar-refractivity contribution < 1.29 is 0 Å². The van der Waals surface area contributed by atoms with Crippen molar-refractivity contribution in [2.24, 2.45) is 11.8 Å². The third-order valence-corrected chi connectivity index (χ3v) is 4.60. The zero-order valence-electron chi connectivity index (χ0n) is 11.4. The van der Waals surface area contributed by atoms with Crippen molar-refractivity contribution in [3.05, 3.63) is 0 Å². The summed E-state index contributed by atoms with van der Waals surface area (Å²) < 4.78 is 0. The van der Waals surface area contributed by atoms with Gasteiger partial charge < -0.3 is 5.32 Å². The molecular formula is C14H28N2. The Hall–Kier alpha value is -0.0800. The molecule has 2 aliphatic heterocycles. The van der Waals surface area contributed by atoms with Crippen LogP contribution in [0.5, 0.6) is 0 Å². The molecule has 94 valence electrons. The van der Waals surface area contributed by atoms with Crippen molar-refractivity contribution in [2.75, 3.05) is 19.6 Å². The molecule has 1 unspecified atom stereocenters. The van der Waals surface area contributed by atoms with Crippen molar-refractivity contribution in [1.82, 2.24) is 10.2 Å². The Labute approximate surface area is 101 Å². The monoisotopic (exact) mass is 224 g/mol. The van der Waals surface area contributed by atoms with Gasteiger partial charge in [0, 0.05) is 18.1 Å². The van der Waals surface area contributed by atoms with Crippen LogP contribution < -0.4 is 5.32 Å². The number of nitrogens with zero attached hydrogens (tertiary/aromatic N) is 1. The molecule has 0 aromatic rings. The first-order chi connectivity index (χ1) is 7.48. The molecule has 2 saturated heterocycles. The van der Waals surface area contributed by atoms with E-state index < -0.39 is 0 Å². The highest BCUT2D eigenvalue weighted by Gasteiger charge is 2.35. The maximum atomic E-state index is 3.64. The summed E-state index contributed by atoms with van der Waals surface area (Å²) in [7, 11) is 0. The standard InChI is InChI=1S/C14H28N2/c1-11(2)12-5-7-16(8-6-12)13-9-14(3,4)15-10-13/h11-13,15H,5-10H2,1-4H3. The van der Waals surface area contributed by atoms with E-state index in [4.69, 9.17) is 0 Å². The van der Waals surface area contributed by atoms with Gasteiger partial charge in [-0.15, -0.1) is 0 Å². The molecule has 0 aliphatic carbocycles. The van der Waals surface area contributed by atoms with Crippen molar-refractivity contribution in [1.29, 1.82) is 0 Å². The number of nitrogens with one attached hydrogen (secondary N) is 1. The Morgan fingerprint density at radius 2 is 1.81 bits per heavy atom. The molecule has 0 spiro atoms. The summed E-state index contributed by atoms with van der Waals surface area (Å²) in [5, 5.41) is 3.64. The summed E-state index contributed by atoms with van der Waals surface area (Å²) in [4.78, 5) is 2.72. The third-order valence-electron chi connectivity index (χ3n) is 4.60. The van der Waals surface area contributed by atoms with Gasteiger partial charge in [0.1, 0.15) is 0 Å². The molecule has 2 heteroatoms. The summed E-state index contributed by atoms with van der Waals surface area (Å²) in [5.74, 6) is 1.85. The minimum Gasteiger partial charge on any atom is -0.310 e. The van der Waals surface area contributed by atoms with Crippen LogP contribution in [0.3, 0.4) is 0 Å². The van der Waals surface area contributed by atoms with Crippen LogP contribution in [0.1, 0.15) is 47.0 Å². The quantitative estimate of drug-likeness (QED) is 0.775. The van der Waals surface area contributed by atoms with Crippen LogP contribution >= 0.6 is 0 Å². The normalized spacial score (nSPS) is 32.4. The lowest BCUT2D eigenvalue weighted by Crippen LogP contribution is -2.43. The zero-order valence-corrected chi connectivity index (χ0v) is 11.4. The average molecular weight is 224 g/mol. The van der Waals surface area contributed by atoms with E-state index in [1.807, 2.05) is 0 Å². The highest BCUT2D eigenvalue weighted by molar-refractivity contribution is 4.95. The van der Waals surface area contributed by atoms with Crippen LogP contribution in [-0.4, -0.2) is 36.1 Å². The van der Waals surface area contributed by atoms with Gasteiger partial charge in [0.2, 0.25) is 0 Å². The van der Waals surface area contributed by atoms with Crippen LogP contribution in [0.2, 0.25) is 0 Å². The van der Waals surface area contributed by atoms with E-state index >= 15 is 0 Å². The van der Waals surface area contributed by atoms with Crippen LogP contribution in [0.15, 0.2) is 0 Å². The second-order valence-corrected chi connectivity index (χ2v) is 6.74. The summed E-state index contributed by atoms with van der Waals surface area (Å²) in [6.45, 7) is 13.2. The summed E-state index contributed by atoms with van der Waals surface area (Å²) in [6, 6.07) is 0.795. The first kappa shape index (κ1) is 12.4. The first-order valence-corrected chi connectivity index (χ1v) is 6.97. The molecule has 2 fully saturated rings. The van der Waals surface area contributed by atoms with Crippen LogP contribution in [0, 0.1) is 11.8 Å². The predicted molar refractivity (Wildman–Crippen MR) is 69.6 cm³/mol. The Kier molecular flexibility index (Phi) is 3.60. The van der Waals surface area contributed by atoms with E-state index in [0.29, 0.717) is 5.54 Å². The van der Waals surface area contributed by atoms with Gasteiger partial charge >= 0.3 is 0 Å². The summed E-state index contributed by atoms with van der Waals surface area (Å²) >= 11 is 0. The highest BCUT2D eigenvalue weighted by atomic mass is 15.2. The number of rotatable bonds is 2. The first-order valence-electron chi connectivity index (χ1n) is 6.97. The van der Waals surface area contributed by atoms with E-state index in [1.165, 1.54) is 38.9 Å². The Morgan fingerprint density at radius 3 is 2.25 bits per heavy atom. The molecule has 2 aliphatic rings. The molecule has 2 rings (SSSR count). The number of likely N-dealkylation sites (tertiary alicyclic amines) is 1. The van der Waals surface area contributed by atoms with Gasteiger partial charge in [-0.3, -0.25) is 4.90 Å². The minimum absolute atomic E-state index is 0.361. The molecule has 1 N–H and O–H groups in total. The molecule has 1 atom stereocenters. The van der Waals surface area contributed by atoms with E-state index in [-0.39, 0.29) is 0 Å². The van der Waals surface area contributed by atoms with Gasteiger partial charge in [0.15, 0.2) is 0 Å². The Balaban J connectivity index is 1.81. The second-order valence-electron chi connectivity index (χ2n) is 6.74. The van der Waals surface area contributed by atoms with E-state index in [9.17, 15) is 0 Å². The molecule has 2 heterocycles. The molecule has 0 aromatic carbocycles. The molecular weight excluding hydrogens is 196 g/mol. The number of hydrogen-bond donors (Lipinski definition) is 1. The van der Waals surface area contributed by atoms with Crippen molar-refractivity contribution in [3.63, 3.8) is 0 Å². The van der Waals surface area contributed by atoms with Crippen LogP contribution in [0.4, 0.5) is 0 Å². The fraction of sp³-hybridized carbons (Fsp3) is 1.00. The van der Waals surface area contributed by atoms with Gasteiger partial charge in [0.25, 0.3) is 0 Å². The average Bonchev–Trinajstić information content (AvgIpc) is 2.59. The molecule has 0 saturated carbocycles. The van der Waals surface area contributed by atoms with E-state index in [0.717, 1.165) is 17.9 Å². The fourth-order valence-electron chi connectivity index (χ4n) is 3.34. The van der Waals surface area contributed by atoms with Gasteiger partial charge in [-0.2, -0.15) is 0 Å². The smallest absolute Gasteiger partial charge is 0.0238 e. The van der Waals surface area contributed by atoms with Crippen molar-refractivity contribution in [2.45, 2.75) is 58.5 Å². The van der Waals surface area contributed by atoms with E-state index in [2.05, 4.69) is 37.9 Å². The largest absolute Gasteiger partial charge is 0.310 e. The molecule has 0 aromatic heterocycles. The maximum Gasteiger partial charge on any atom is 0.0238 e. The van der Waals surface area contributed by atoms with Crippen LogP contribution in [-0.2, 0) is 0 Å². The number of hydrogen-bond acceptors (Lipinski definition) is 2. The van der Waals surface area contributed by atoms with E-state index in [1.54, 1.807) is 0 Å². The predicted octanol–water partition coefficient (Wildman–Crippen LogP) is 2.49. The van der Waals surface area contributed by atoms with Crippen molar-refractivity contribution >= 4 is 0 Å². The van der Waals surface area contributed by atoms with Crippen molar-refractivity contribution in [3.8, 4) is 0 Å². The molecule has 2 nitrogen and oxygen atoms in total. The summed E-state index contributed by atoms with van der Waals surface area (Å²) in [6.07, 6.45) is 4.14. The molecule has 0 radical (unpaired) electrons. The molecule has 16 heavy (non-hydrogen) atoms. The maximum absolute atomic E-state index is 3.64. The minimum atomic E-state index is 0.361. The SMILES string of the molecule is CC(C)C1CCN(C2CNC(C)(C)C2)CC1. The summed E-state index contributed by atoms with van der Waals surface area (Å²) in [5.41, 5.74) is 0.361. The zero-order chi connectivity index (χ0) is 11.8. The third kappa shape index (κ3) is 2.78. The van der Waals surface area contributed by atoms with Gasteiger partial charge in [-0.05, 0) is 58.0 Å². The lowest BCUT2D eigenvalue weighted by Gasteiger charge is -2.37. The van der Waals surface area contributed by atoms with Gasteiger partial charge in [-0.25, -0.2) is 0 Å². The molecule has 0 bridgehead atoms. The fourth-order valence-corrected chi connectivity index (χ4v) is 3.34. The lowest BCUT2D eigenvalue weighted by molar-refractivity contribution is 0.119. The van der Waals surface area contributed by atoms with Crippen LogP contribution in [0.25, 0.3) is 0 Å². The second kappa shape index (κ2) is 4.66.